The second-order valence-corrected chi connectivity index (χ2v) is 16.8. The summed E-state index contributed by atoms with van der Waals surface area (Å²) in [6.07, 6.45) is 20.8. The number of nitrogens with zero attached hydrogens (tertiary/aromatic N) is 1. The highest BCUT2D eigenvalue weighted by Crippen LogP contribution is 2.53. The Morgan fingerprint density at radius 1 is 0.804 bits per heavy atom. The molecule has 0 saturated heterocycles. The maximum Gasteiger partial charge on any atom is 0.135 e. The van der Waals surface area contributed by atoms with E-state index in [-0.39, 0.29) is 11.1 Å². The number of benzene rings is 5. The third-order valence-corrected chi connectivity index (χ3v) is 13.7. The van der Waals surface area contributed by atoms with Crippen LogP contribution in [-0.2, 0) is 18.4 Å². The zero-order valence-corrected chi connectivity index (χ0v) is 30.1. The minimum atomic E-state index is -0.278. The predicted octanol–water partition coefficient (Wildman–Crippen LogP) is 13.0. The number of thiophene rings is 1. The molecule has 0 fully saturated rings. The Morgan fingerprint density at radius 2 is 1.67 bits per heavy atom. The zero-order chi connectivity index (χ0) is 34.1. The first-order valence-electron chi connectivity index (χ1n) is 18.5. The SMILES string of the molecule is CC1C=Cc2c(oc3ccc4ccc5c(N(C6(C)C=CC(c7ccc8cc7C8)=CC6)C6(C)CC=Cc7c6sc6ccccc76)cccc5c4c23)C1. The first kappa shape index (κ1) is 29.6. The number of fused-ring (bicyclic) bond motifs is 12. The topological polar surface area (TPSA) is 16.4 Å². The van der Waals surface area contributed by atoms with Gasteiger partial charge in [-0.15, -0.1) is 11.3 Å². The molecule has 7 aromatic rings. The van der Waals surface area contributed by atoms with Gasteiger partial charge in [0.15, 0.2) is 0 Å². The van der Waals surface area contributed by atoms with Crippen LogP contribution in [0.2, 0.25) is 0 Å². The highest BCUT2D eigenvalue weighted by Gasteiger charge is 2.47. The van der Waals surface area contributed by atoms with E-state index < -0.39 is 0 Å². The molecule has 5 aliphatic rings. The number of furan rings is 1. The molecule has 248 valence electrons. The Labute approximate surface area is 302 Å². The molecule has 5 aromatic carbocycles. The quantitative estimate of drug-likeness (QED) is 0.172. The Balaban J connectivity index is 1.16. The van der Waals surface area contributed by atoms with Crippen LogP contribution >= 0.6 is 11.3 Å². The lowest BCUT2D eigenvalue weighted by Gasteiger charge is -2.53. The average molecular weight is 678 g/mol. The van der Waals surface area contributed by atoms with Crippen molar-refractivity contribution in [1.29, 1.82) is 0 Å². The van der Waals surface area contributed by atoms with Crippen LogP contribution in [0.25, 0.3) is 60.3 Å². The molecule has 0 spiro atoms. The standard InChI is InChI=1S/C48H39NOS/c1-29-13-17-39-42(26-29)50-41-20-16-32-15-19-35-37(44(32)45(39)41)9-6-11-40(35)49(47(2)24-21-31(22-25-47)34-18-14-30-27-33(34)28-30)48(3)23-7-10-38-36-8-4-5-12-43(36)51-46(38)48/h4-22,24,27,29H,23,25-26,28H2,1-3H3. The Morgan fingerprint density at radius 3 is 2.51 bits per heavy atom. The molecule has 0 N–H and O–H groups in total. The van der Waals surface area contributed by atoms with E-state index in [9.17, 15) is 0 Å². The lowest BCUT2D eigenvalue weighted by atomic mass is 9.77. The molecule has 3 heteroatoms. The smallest absolute Gasteiger partial charge is 0.135 e. The molecule has 0 amide bonds. The van der Waals surface area contributed by atoms with Crippen molar-refractivity contribution in [3.63, 3.8) is 0 Å². The molecule has 0 aliphatic heterocycles. The minimum Gasteiger partial charge on any atom is -0.460 e. The van der Waals surface area contributed by atoms with Crippen LogP contribution in [-0.4, -0.2) is 5.54 Å². The van der Waals surface area contributed by atoms with Gasteiger partial charge in [0, 0.05) is 48.8 Å². The van der Waals surface area contributed by atoms with E-state index >= 15 is 0 Å². The van der Waals surface area contributed by atoms with Gasteiger partial charge >= 0.3 is 0 Å². The molecule has 2 aromatic heterocycles. The van der Waals surface area contributed by atoms with Gasteiger partial charge in [-0.3, -0.25) is 0 Å². The van der Waals surface area contributed by atoms with Crippen molar-refractivity contribution in [2.75, 3.05) is 4.90 Å². The molecule has 0 saturated carbocycles. The van der Waals surface area contributed by atoms with E-state index in [1.54, 1.807) is 0 Å². The van der Waals surface area contributed by atoms with Crippen molar-refractivity contribution < 1.29 is 4.42 Å². The fraction of sp³-hybridized carbons (Fsp3) is 0.208. The van der Waals surface area contributed by atoms with Gasteiger partial charge in [0.05, 0.1) is 11.1 Å². The number of anilines is 1. The summed E-state index contributed by atoms with van der Waals surface area (Å²) in [5.41, 5.74) is 10.0. The monoisotopic (exact) mass is 677 g/mol. The van der Waals surface area contributed by atoms with E-state index in [4.69, 9.17) is 4.42 Å². The Kier molecular flexibility index (Phi) is 6.07. The molecule has 2 heterocycles. The highest BCUT2D eigenvalue weighted by atomic mass is 32.1. The van der Waals surface area contributed by atoms with E-state index in [0.717, 1.165) is 37.0 Å². The van der Waals surface area contributed by atoms with E-state index in [1.165, 1.54) is 81.0 Å². The second-order valence-electron chi connectivity index (χ2n) is 15.7. The van der Waals surface area contributed by atoms with Crippen molar-refractivity contribution >= 4 is 77.3 Å². The average Bonchev–Trinajstić information content (AvgIpc) is 3.70. The Hall–Kier alpha value is -5.12. The number of allylic oxidation sites excluding steroid dienone is 3. The van der Waals surface area contributed by atoms with Crippen LogP contribution in [0.3, 0.4) is 0 Å². The van der Waals surface area contributed by atoms with Gasteiger partial charge in [-0.25, -0.2) is 0 Å². The van der Waals surface area contributed by atoms with Gasteiger partial charge in [0.25, 0.3) is 0 Å². The largest absolute Gasteiger partial charge is 0.460 e. The fourth-order valence-electron chi connectivity index (χ4n) is 9.76. The van der Waals surface area contributed by atoms with Crippen LogP contribution in [0.15, 0.2) is 120 Å². The first-order chi connectivity index (χ1) is 24.9. The van der Waals surface area contributed by atoms with Crippen LogP contribution in [0.1, 0.15) is 72.1 Å². The normalized spacial score (nSPS) is 23.1. The molecule has 3 atom stereocenters. The molecule has 12 rings (SSSR count). The maximum atomic E-state index is 6.56. The van der Waals surface area contributed by atoms with Gasteiger partial charge in [-0.2, -0.15) is 0 Å². The van der Waals surface area contributed by atoms with Crippen molar-refractivity contribution in [1.82, 2.24) is 0 Å². The molecule has 2 nitrogen and oxygen atoms in total. The number of hydrogen-bond donors (Lipinski definition) is 0. The first-order valence-corrected chi connectivity index (χ1v) is 19.3. The Bertz CT molecular complexity index is 2760. The summed E-state index contributed by atoms with van der Waals surface area (Å²) in [4.78, 5) is 4.25. The predicted molar refractivity (Wildman–Crippen MR) is 218 cm³/mol. The summed E-state index contributed by atoms with van der Waals surface area (Å²) in [5, 5.41) is 7.73. The van der Waals surface area contributed by atoms with E-state index in [2.05, 4.69) is 153 Å². The van der Waals surface area contributed by atoms with Crippen molar-refractivity contribution in [3.05, 3.63) is 154 Å². The third kappa shape index (κ3) is 4.16. The fourth-order valence-corrected chi connectivity index (χ4v) is 11.1. The van der Waals surface area contributed by atoms with Crippen LogP contribution < -0.4 is 4.90 Å². The molecular formula is C48H39NOS. The van der Waals surface area contributed by atoms with Crippen molar-refractivity contribution in [2.24, 2.45) is 5.92 Å². The molecule has 3 unspecified atom stereocenters. The zero-order valence-electron chi connectivity index (χ0n) is 29.3. The second kappa shape index (κ2) is 10.5. The molecule has 51 heavy (non-hydrogen) atoms. The summed E-state index contributed by atoms with van der Waals surface area (Å²) >= 11 is 1.97. The van der Waals surface area contributed by atoms with Gasteiger partial charge in [-0.1, -0.05) is 116 Å². The van der Waals surface area contributed by atoms with E-state index in [0.29, 0.717) is 5.92 Å². The van der Waals surface area contributed by atoms with Gasteiger partial charge in [0.1, 0.15) is 11.3 Å². The summed E-state index contributed by atoms with van der Waals surface area (Å²) < 4.78 is 7.92. The third-order valence-electron chi connectivity index (χ3n) is 12.3. The lowest BCUT2D eigenvalue weighted by Crippen LogP contribution is -2.56. The van der Waals surface area contributed by atoms with Crippen molar-refractivity contribution in [2.45, 2.75) is 57.5 Å². The number of hydrogen-bond acceptors (Lipinski definition) is 3. The lowest BCUT2D eigenvalue weighted by molar-refractivity contribution is 0.354. The molecule has 2 bridgehead atoms. The van der Waals surface area contributed by atoms with Gasteiger partial charge in [0.2, 0.25) is 0 Å². The summed E-state index contributed by atoms with van der Waals surface area (Å²) in [5.74, 6) is 1.60. The van der Waals surface area contributed by atoms with Gasteiger partial charge in [-0.05, 0) is 95.8 Å². The summed E-state index contributed by atoms with van der Waals surface area (Å²) in [6, 6.07) is 32.0. The van der Waals surface area contributed by atoms with Crippen LogP contribution in [0.5, 0.6) is 0 Å². The highest BCUT2D eigenvalue weighted by molar-refractivity contribution is 7.19. The van der Waals surface area contributed by atoms with Gasteiger partial charge < -0.3 is 9.32 Å². The summed E-state index contributed by atoms with van der Waals surface area (Å²) in [7, 11) is 0. The molecule has 5 aliphatic carbocycles. The van der Waals surface area contributed by atoms with Crippen molar-refractivity contribution in [3.8, 4) is 0 Å². The molecule has 0 radical (unpaired) electrons. The minimum absolute atomic E-state index is 0.274. The maximum absolute atomic E-state index is 6.56. The summed E-state index contributed by atoms with van der Waals surface area (Å²) in [6.45, 7) is 7.22. The van der Waals surface area contributed by atoms with Crippen LogP contribution in [0, 0.1) is 5.92 Å². The number of rotatable bonds is 4. The van der Waals surface area contributed by atoms with Crippen LogP contribution in [0.4, 0.5) is 5.69 Å². The van der Waals surface area contributed by atoms with E-state index in [1.807, 2.05) is 11.3 Å². The molecular weight excluding hydrogens is 639 g/mol.